The van der Waals surface area contributed by atoms with Gasteiger partial charge in [0, 0.05) is 6.54 Å². The van der Waals surface area contributed by atoms with Crippen molar-refractivity contribution >= 4 is 23.0 Å². The molecule has 0 aliphatic rings. The molecule has 0 radical (unpaired) electrons. The molecule has 1 rings (SSSR count). The van der Waals surface area contributed by atoms with Gasteiger partial charge in [0.1, 0.15) is 11.3 Å². The van der Waals surface area contributed by atoms with E-state index in [0.29, 0.717) is 13.0 Å². The number of nitrogens with one attached hydrogen (secondary N) is 2. The van der Waals surface area contributed by atoms with Gasteiger partial charge in [0.15, 0.2) is 28.4 Å². The van der Waals surface area contributed by atoms with Crippen molar-refractivity contribution in [2.45, 2.75) is 25.9 Å². The van der Waals surface area contributed by atoms with Crippen LogP contribution in [0.5, 0.6) is 0 Å². The first-order valence-electron chi connectivity index (χ1n) is 6.09. The highest BCUT2D eigenvalue weighted by atomic mass is 32.1. The largest absolute Gasteiger partial charge is 0.422 e. The highest BCUT2D eigenvalue weighted by molar-refractivity contribution is 7.80. The fourth-order valence-corrected chi connectivity index (χ4v) is 1.73. The lowest BCUT2D eigenvalue weighted by molar-refractivity contribution is -0.143. The van der Waals surface area contributed by atoms with E-state index >= 15 is 0 Å². The lowest BCUT2D eigenvalue weighted by Crippen LogP contribution is -2.30. The summed E-state index contributed by atoms with van der Waals surface area (Å²) in [4.78, 5) is 0. The number of unbranched alkanes of at least 4 members (excludes halogenated alkanes) is 1. The third-order valence-corrected chi connectivity index (χ3v) is 2.85. The number of hydrogen-bond acceptors (Lipinski definition) is 1. The van der Waals surface area contributed by atoms with E-state index in [1.54, 1.807) is 0 Å². The van der Waals surface area contributed by atoms with Gasteiger partial charge < -0.3 is 10.6 Å². The van der Waals surface area contributed by atoms with Gasteiger partial charge in [0.2, 0.25) is 0 Å². The Labute approximate surface area is 126 Å². The molecule has 1 aromatic rings. The summed E-state index contributed by atoms with van der Waals surface area (Å²) in [6.45, 7) is 2.18. The van der Waals surface area contributed by atoms with E-state index in [2.05, 4.69) is 17.5 Å². The number of rotatable bonds is 4. The van der Waals surface area contributed by atoms with Gasteiger partial charge in [0.25, 0.3) is 0 Å². The minimum atomic E-state index is -5.58. The third kappa shape index (κ3) is 3.99. The van der Waals surface area contributed by atoms with Crippen molar-refractivity contribution in [2.24, 2.45) is 0 Å². The highest BCUT2D eigenvalue weighted by Crippen LogP contribution is 2.38. The van der Waals surface area contributed by atoms with Crippen LogP contribution in [-0.4, -0.2) is 11.7 Å². The monoisotopic (exact) mass is 348 g/mol. The van der Waals surface area contributed by atoms with Crippen LogP contribution in [0.3, 0.4) is 0 Å². The first-order valence-corrected chi connectivity index (χ1v) is 6.50. The quantitative estimate of drug-likeness (QED) is 0.366. The Balaban J connectivity index is 3.16. The molecule has 0 saturated heterocycles. The van der Waals surface area contributed by atoms with Gasteiger partial charge in [-0.25, -0.2) is 17.6 Å². The van der Waals surface area contributed by atoms with Crippen LogP contribution in [0, 0.1) is 23.3 Å². The lowest BCUT2D eigenvalue weighted by atomic mass is 10.1. The van der Waals surface area contributed by atoms with Crippen LogP contribution in [0.1, 0.15) is 25.3 Å². The topological polar surface area (TPSA) is 24.1 Å². The summed E-state index contributed by atoms with van der Waals surface area (Å²) in [5.74, 6) is -9.48. The van der Waals surface area contributed by atoms with Crippen LogP contribution in [-0.2, 0) is 6.18 Å². The van der Waals surface area contributed by atoms with Crippen molar-refractivity contribution in [2.75, 3.05) is 11.9 Å². The summed E-state index contributed by atoms with van der Waals surface area (Å²) in [5.41, 5.74) is -4.05. The highest BCUT2D eigenvalue weighted by Gasteiger charge is 2.42. The van der Waals surface area contributed by atoms with Crippen LogP contribution in [0.2, 0.25) is 0 Å². The van der Waals surface area contributed by atoms with E-state index in [9.17, 15) is 30.7 Å². The molecule has 10 heteroatoms. The minimum absolute atomic E-state index is 0.317. The van der Waals surface area contributed by atoms with Crippen LogP contribution < -0.4 is 10.6 Å². The van der Waals surface area contributed by atoms with E-state index in [1.807, 2.05) is 12.2 Å². The number of halogens is 7. The van der Waals surface area contributed by atoms with Crippen molar-refractivity contribution < 1.29 is 30.7 Å². The smallest absolute Gasteiger partial charge is 0.362 e. The van der Waals surface area contributed by atoms with Gasteiger partial charge in [-0.3, -0.25) is 0 Å². The van der Waals surface area contributed by atoms with E-state index in [-0.39, 0.29) is 5.11 Å². The van der Waals surface area contributed by atoms with Gasteiger partial charge >= 0.3 is 6.18 Å². The Kier molecular flexibility index (Phi) is 5.98. The molecule has 0 amide bonds. The Bertz CT molecular complexity index is 543. The van der Waals surface area contributed by atoms with Crippen LogP contribution in [0.15, 0.2) is 0 Å². The van der Waals surface area contributed by atoms with Crippen LogP contribution >= 0.6 is 12.2 Å². The molecule has 0 unspecified atom stereocenters. The SMILES string of the molecule is CCCCNC(=S)Nc1c(F)c(F)c(C(F)(F)F)c(F)c1F. The van der Waals surface area contributed by atoms with Crippen molar-refractivity contribution in [1.82, 2.24) is 5.32 Å². The molecule has 0 bridgehead atoms. The second kappa shape index (κ2) is 7.12. The predicted molar refractivity (Wildman–Crippen MR) is 70.4 cm³/mol. The molecule has 2 N–H and O–H groups in total. The van der Waals surface area contributed by atoms with Gasteiger partial charge in [-0.1, -0.05) is 13.3 Å². The van der Waals surface area contributed by atoms with Crippen LogP contribution in [0.25, 0.3) is 0 Å². The maximum atomic E-state index is 13.6. The zero-order valence-corrected chi connectivity index (χ0v) is 12.0. The molecule has 0 saturated carbocycles. The number of hydrogen-bond donors (Lipinski definition) is 2. The third-order valence-electron chi connectivity index (χ3n) is 2.60. The van der Waals surface area contributed by atoms with Gasteiger partial charge in [-0.15, -0.1) is 0 Å². The van der Waals surface area contributed by atoms with Crippen molar-refractivity contribution in [3.8, 4) is 0 Å². The first kappa shape index (κ1) is 18.5. The number of thiocarbonyl (C=S) groups is 1. The summed E-state index contributed by atoms with van der Waals surface area (Å²) < 4.78 is 91.0. The fourth-order valence-electron chi connectivity index (χ4n) is 1.53. The normalized spacial score (nSPS) is 11.5. The molecule has 0 aliphatic carbocycles. The summed E-state index contributed by atoms with van der Waals surface area (Å²) in [7, 11) is 0. The minimum Gasteiger partial charge on any atom is -0.362 e. The number of alkyl halides is 3. The Hall–Kier alpha value is -1.58. The Morgan fingerprint density at radius 2 is 1.50 bits per heavy atom. The lowest BCUT2D eigenvalue weighted by Gasteiger charge is -2.16. The van der Waals surface area contributed by atoms with E-state index in [4.69, 9.17) is 0 Å². The number of benzene rings is 1. The average molecular weight is 348 g/mol. The van der Waals surface area contributed by atoms with E-state index < -0.39 is 40.7 Å². The van der Waals surface area contributed by atoms with Crippen molar-refractivity contribution in [1.29, 1.82) is 0 Å². The molecule has 2 nitrogen and oxygen atoms in total. The van der Waals surface area contributed by atoms with Gasteiger partial charge in [-0.2, -0.15) is 13.2 Å². The molecule has 124 valence electrons. The van der Waals surface area contributed by atoms with E-state index in [1.165, 1.54) is 0 Å². The average Bonchev–Trinajstić information content (AvgIpc) is 2.40. The zero-order valence-electron chi connectivity index (χ0n) is 11.2. The molecule has 0 atom stereocenters. The maximum Gasteiger partial charge on any atom is 0.422 e. The predicted octanol–water partition coefficient (Wildman–Crippen LogP) is 4.35. The van der Waals surface area contributed by atoms with E-state index in [0.717, 1.165) is 6.42 Å². The zero-order chi connectivity index (χ0) is 17.1. The standard InChI is InChI=1S/C12H11F7N2S/c1-2-3-4-20-11(22)21-10-8(15)6(13)5(12(17,18)19)7(14)9(10)16/h2-4H2,1H3,(H2,20,21,22). The van der Waals surface area contributed by atoms with Gasteiger partial charge in [-0.05, 0) is 18.6 Å². The first-order chi connectivity index (χ1) is 10.1. The molecule has 1 aromatic carbocycles. The van der Waals surface area contributed by atoms with Crippen molar-refractivity contribution in [3.05, 3.63) is 28.8 Å². The second-order valence-electron chi connectivity index (χ2n) is 4.24. The number of anilines is 1. The van der Waals surface area contributed by atoms with Crippen molar-refractivity contribution in [3.63, 3.8) is 0 Å². The fraction of sp³-hybridized carbons (Fsp3) is 0.417. The molecule has 0 aliphatic heterocycles. The Morgan fingerprint density at radius 3 is 1.91 bits per heavy atom. The summed E-state index contributed by atoms with van der Waals surface area (Å²) >= 11 is 4.64. The second-order valence-corrected chi connectivity index (χ2v) is 4.65. The summed E-state index contributed by atoms with van der Waals surface area (Å²) in [5, 5.41) is 3.94. The Morgan fingerprint density at radius 1 is 1.00 bits per heavy atom. The molecule has 0 heterocycles. The van der Waals surface area contributed by atoms with Gasteiger partial charge in [0.05, 0.1) is 0 Å². The van der Waals surface area contributed by atoms with Crippen LogP contribution in [0.4, 0.5) is 36.4 Å². The summed E-state index contributed by atoms with van der Waals surface area (Å²) in [6, 6.07) is 0. The summed E-state index contributed by atoms with van der Waals surface area (Å²) in [6.07, 6.45) is -4.14. The molecular weight excluding hydrogens is 337 g/mol. The molecular formula is C12H11F7N2S. The maximum absolute atomic E-state index is 13.6. The molecule has 0 spiro atoms. The molecule has 0 aromatic heterocycles. The molecule has 22 heavy (non-hydrogen) atoms. The molecule has 0 fully saturated rings.